The smallest absolute Gasteiger partial charge is 0.0540 e. The number of benzene rings is 6. The molecule has 6 aromatic carbocycles. The van der Waals surface area contributed by atoms with Crippen molar-refractivity contribution in [1.29, 1.82) is 0 Å². The largest absolute Gasteiger partial charge is 0.310 e. The van der Waals surface area contributed by atoms with Crippen LogP contribution in [0.5, 0.6) is 0 Å². The maximum absolute atomic E-state index is 2.48. The molecule has 1 nitrogen and oxygen atoms in total. The molecule has 43 heavy (non-hydrogen) atoms. The van der Waals surface area contributed by atoms with E-state index in [1.807, 2.05) is 0 Å². The SMILES string of the molecule is CC1(C)CCC(C)(C)c2cc3cc(N(c4ccc(-c5ccccc5)cc4)c4ccccc4-c4ccccc4)ccc3cc21. The highest BCUT2D eigenvalue weighted by Gasteiger charge is 2.37. The average molecular weight is 558 g/mol. The molecule has 1 aliphatic rings. The van der Waals surface area contributed by atoms with Gasteiger partial charge in [-0.1, -0.05) is 137 Å². The van der Waals surface area contributed by atoms with E-state index in [1.165, 1.54) is 62.7 Å². The maximum Gasteiger partial charge on any atom is 0.0540 e. The highest BCUT2D eigenvalue weighted by Crippen LogP contribution is 2.48. The van der Waals surface area contributed by atoms with Crippen molar-refractivity contribution in [2.45, 2.75) is 51.4 Å². The molecule has 0 bridgehead atoms. The zero-order chi connectivity index (χ0) is 29.6. The molecule has 1 heteroatoms. The van der Waals surface area contributed by atoms with Crippen LogP contribution in [-0.2, 0) is 10.8 Å². The summed E-state index contributed by atoms with van der Waals surface area (Å²) < 4.78 is 0. The Morgan fingerprint density at radius 2 is 0.953 bits per heavy atom. The van der Waals surface area contributed by atoms with Gasteiger partial charge in [0.2, 0.25) is 0 Å². The Morgan fingerprint density at radius 1 is 0.442 bits per heavy atom. The lowest BCUT2D eigenvalue weighted by Crippen LogP contribution is -2.33. The lowest BCUT2D eigenvalue weighted by Gasteiger charge is -2.42. The van der Waals surface area contributed by atoms with Gasteiger partial charge < -0.3 is 4.90 Å². The summed E-state index contributed by atoms with van der Waals surface area (Å²) in [5.41, 5.74) is 11.7. The third-order valence-electron chi connectivity index (χ3n) is 9.51. The molecule has 0 atom stereocenters. The second kappa shape index (κ2) is 10.6. The molecule has 0 aromatic heterocycles. The molecule has 0 radical (unpaired) electrons. The molecule has 7 rings (SSSR count). The normalized spacial score (nSPS) is 15.2. The predicted molar refractivity (Wildman–Crippen MR) is 185 cm³/mol. The third kappa shape index (κ3) is 5.04. The van der Waals surface area contributed by atoms with Gasteiger partial charge in [-0.25, -0.2) is 0 Å². The molecule has 0 N–H and O–H groups in total. The first kappa shape index (κ1) is 27.2. The molecular weight excluding hydrogens is 518 g/mol. The van der Waals surface area contributed by atoms with Crippen LogP contribution in [0.4, 0.5) is 17.1 Å². The lowest BCUT2D eigenvalue weighted by atomic mass is 9.63. The van der Waals surface area contributed by atoms with E-state index >= 15 is 0 Å². The number of para-hydroxylation sites is 1. The van der Waals surface area contributed by atoms with Crippen LogP contribution in [0.3, 0.4) is 0 Å². The highest BCUT2D eigenvalue weighted by molar-refractivity contribution is 5.94. The van der Waals surface area contributed by atoms with E-state index < -0.39 is 0 Å². The fourth-order valence-electron chi connectivity index (χ4n) is 6.83. The Hall–Kier alpha value is -4.62. The standard InChI is InChI=1S/C42H39N/c1-41(2)25-26-42(3,4)39-29-34-27-36(24-21-33(34)28-38(39)41)43(35-22-19-31(20-23-35)30-13-7-5-8-14-30)40-18-12-11-17-37(40)32-15-9-6-10-16-32/h5-24,27-29H,25-26H2,1-4H3. The fourth-order valence-corrected chi connectivity index (χ4v) is 6.83. The van der Waals surface area contributed by atoms with E-state index in [-0.39, 0.29) is 10.8 Å². The topological polar surface area (TPSA) is 3.24 Å². The van der Waals surface area contributed by atoms with Crippen molar-refractivity contribution < 1.29 is 0 Å². The quantitative estimate of drug-likeness (QED) is 0.204. The summed E-state index contributed by atoms with van der Waals surface area (Å²) in [5, 5.41) is 2.61. The summed E-state index contributed by atoms with van der Waals surface area (Å²) in [4.78, 5) is 2.42. The molecule has 0 saturated carbocycles. The van der Waals surface area contributed by atoms with Crippen molar-refractivity contribution in [1.82, 2.24) is 0 Å². The maximum atomic E-state index is 2.48. The summed E-state index contributed by atoms with van der Waals surface area (Å²) in [6, 6.07) is 51.0. The summed E-state index contributed by atoms with van der Waals surface area (Å²) in [5.74, 6) is 0. The molecule has 1 aliphatic carbocycles. The van der Waals surface area contributed by atoms with Gasteiger partial charge in [0.15, 0.2) is 0 Å². The van der Waals surface area contributed by atoms with Crippen molar-refractivity contribution in [2.24, 2.45) is 0 Å². The first-order valence-electron chi connectivity index (χ1n) is 15.5. The number of nitrogens with zero attached hydrogens (tertiary/aromatic N) is 1. The van der Waals surface area contributed by atoms with Crippen LogP contribution in [0, 0.1) is 0 Å². The van der Waals surface area contributed by atoms with E-state index in [1.54, 1.807) is 0 Å². The molecule has 0 spiro atoms. The minimum Gasteiger partial charge on any atom is -0.310 e. The summed E-state index contributed by atoms with van der Waals surface area (Å²) in [6.45, 7) is 9.63. The molecule has 0 saturated heterocycles. The Kier molecular flexibility index (Phi) is 6.70. The molecule has 0 aliphatic heterocycles. The van der Waals surface area contributed by atoms with E-state index in [0.29, 0.717) is 0 Å². The van der Waals surface area contributed by atoms with Gasteiger partial charge >= 0.3 is 0 Å². The van der Waals surface area contributed by atoms with Gasteiger partial charge in [-0.2, -0.15) is 0 Å². The van der Waals surface area contributed by atoms with Crippen LogP contribution in [0.25, 0.3) is 33.0 Å². The van der Waals surface area contributed by atoms with Gasteiger partial charge in [0.1, 0.15) is 0 Å². The zero-order valence-corrected chi connectivity index (χ0v) is 25.6. The first-order valence-corrected chi connectivity index (χ1v) is 15.5. The van der Waals surface area contributed by atoms with E-state index in [4.69, 9.17) is 0 Å². The molecule has 0 amide bonds. The molecular formula is C42H39N. The molecule has 212 valence electrons. The van der Waals surface area contributed by atoms with Crippen molar-refractivity contribution in [3.63, 3.8) is 0 Å². The van der Waals surface area contributed by atoms with Crippen LogP contribution in [-0.4, -0.2) is 0 Å². The Labute approximate surface area is 256 Å². The second-order valence-corrected chi connectivity index (χ2v) is 13.3. The summed E-state index contributed by atoms with van der Waals surface area (Å²) in [6.07, 6.45) is 2.43. The van der Waals surface area contributed by atoms with Gasteiger partial charge in [0.25, 0.3) is 0 Å². The minimum absolute atomic E-state index is 0.169. The van der Waals surface area contributed by atoms with Gasteiger partial charge in [-0.15, -0.1) is 0 Å². The molecule has 0 heterocycles. The van der Waals surface area contributed by atoms with Crippen LogP contribution >= 0.6 is 0 Å². The monoisotopic (exact) mass is 557 g/mol. The van der Waals surface area contributed by atoms with Gasteiger partial charge in [0, 0.05) is 16.9 Å². The summed E-state index contributed by atoms with van der Waals surface area (Å²) in [7, 11) is 0. The molecule has 0 fully saturated rings. The van der Waals surface area contributed by atoms with Crippen LogP contribution in [0.1, 0.15) is 51.7 Å². The minimum atomic E-state index is 0.169. The van der Waals surface area contributed by atoms with Crippen molar-refractivity contribution in [3.8, 4) is 22.3 Å². The van der Waals surface area contributed by atoms with Gasteiger partial charge in [-0.3, -0.25) is 0 Å². The lowest BCUT2D eigenvalue weighted by molar-refractivity contribution is 0.332. The van der Waals surface area contributed by atoms with Crippen molar-refractivity contribution >= 4 is 27.8 Å². The van der Waals surface area contributed by atoms with E-state index in [2.05, 4.69) is 172 Å². The number of hydrogen-bond acceptors (Lipinski definition) is 1. The first-order chi connectivity index (χ1) is 20.8. The molecule has 0 unspecified atom stereocenters. The second-order valence-electron chi connectivity index (χ2n) is 13.3. The number of anilines is 3. The van der Waals surface area contributed by atoms with Crippen LogP contribution in [0.2, 0.25) is 0 Å². The number of hydrogen-bond donors (Lipinski definition) is 0. The zero-order valence-electron chi connectivity index (χ0n) is 25.6. The molecule has 6 aromatic rings. The number of fused-ring (bicyclic) bond motifs is 2. The Balaban J connectivity index is 1.41. The Morgan fingerprint density at radius 3 is 1.60 bits per heavy atom. The van der Waals surface area contributed by atoms with E-state index in [9.17, 15) is 0 Å². The fraction of sp³-hybridized carbons (Fsp3) is 0.190. The van der Waals surface area contributed by atoms with Crippen molar-refractivity contribution in [3.05, 3.63) is 151 Å². The highest BCUT2D eigenvalue weighted by atomic mass is 15.1. The van der Waals surface area contributed by atoms with Crippen molar-refractivity contribution in [2.75, 3.05) is 4.90 Å². The predicted octanol–water partition coefficient (Wildman–Crippen LogP) is 12.0. The van der Waals surface area contributed by atoms with Gasteiger partial charge in [0.05, 0.1) is 5.69 Å². The van der Waals surface area contributed by atoms with Crippen LogP contribution in [0.15, 0.2) is 140 Å². The Bertz CT molecular complexity index is 1900. The van der Waals surface area contributed by atoms with Crippen LogP contribution < -0.4 is 4.90 Å². The number of rotatable bonds is 5. The van der Waals surface area contributed by atoms with E-state index in [0.717, 1.165) is 11.4 Å². The summed E-state index contributed by atoms with van der Waals surface area (Å²) >= 11 is 0. The van der Waals surface area contributed by atoms with Gasteiger partial charge in [-0.05, 0) is 92.6 Å². The average Bonchev–Trinajstić information content (AvgIpc) is 3.04. The third-order valence-corrected chi connectivity index (χ3v) is 9.51.